The third kappa shape index (κ3) is 2.25. The van der Waals surface area contributed by atoms with Crippen molar-refractivity contribution in [3.8, 4) is 0 Å². The molecule has 0 unspecified atom stereocenters. The lowest BCUT2D eigenvalue weighted by Gasteiger charge is -2.32. The second-order valence-corrected chi connectivity index (χ2v) is 5.82. The van der Waals surface area contributed by atoms with E-state index in [1.54, 1.807) is 6.33 Å². The Morgan fingerprint density at radius 2 is 1.82 bits per heavy atom. The molecule has 0 aliphatic carbocycles. The molecule has 0 fully saturated rings. The van der Waals surface area contributed by atoms with Crippen molar-refractivity contribution in [3.63, 3.8) is 0 Å². The zero-order chi connectivity index (χ0) is 14.9. The summed E-state index contributed by atoms with van der Waals surface area (Å²) in [5, 5.41) is 8.59. The van der Waals surface area contributed by atoms with Gasteiger partial charge in [0.25, 0.3) is 0 Å². The van der Waals surface area contributed by atoms with E-state index in [4.69, 9.17) is 11.6 Å². The number of hydrogen-bond acceptors (Lipinski definition) is 3. The van der Waals surface area contributed by atoms with Crippen LogP contribution >= 0.6 is 11.6 Å². The van der Waals surface area contributed by atoms with Gasteiger partial charge in [-0.25, -0.2) is 4.68 Å². The number of aromatic nitrogens is 3. The number of hydrogen-bond donors (Lipinski definition) is 1. The van der Waals surface area contributed by atoms with Gasteiger partial charge in [-0.05, 0) is 23.6 Å². The van der Waals surface area contributed by atoms with Crippen LogP contribution in [0.2, 0.25) is 5.02 Å². The molecule has 2 atom stereocenters. The van der Waals surface area contributed by atoms with E-state index in [0.29, 0.717) is 0 Å². The molecule has 1 N–H and O–H groups in total. The normalized spacial score (nSPS) is 20.2. The molecule has 5 heteroatoms. The minimum Gasteiger partial charge on any atom is -0.348 e. The summed E-state index contributed by atoms with van der Waals surface area (Å²) in [5.41, 5.74) is 2.33. The maximum atomic E-state index is 6.40. The van der Waals surface area contributed by atoms with Crippen LogP contribution in [-0.2, 0) is 0 Å². The highest BCUT2D eigenvalue weighted by Gasteiger charge is 2.30. The summed E-state index contributed by atoms with van der Waals surface area (Å²) in [6, 6.07) is 18.6. The monoisotopic (exact) mass is 310 g/mol. The Morgan fingerprint density at radius 1 is 1.05 bits per heavy atom. The maximum Gasteiger partial charge on any atom is 0.222 e. The van der Waals surface area contributed by atoms with Gasteiger partial charge in [-0.2, -0.15) is 10.1 Å². The van der Waals surface area contributed by atoms with Gasteiger partial charge in [0.15, 0.2) is 0 Å². The van der Waals surface area contributed by atoms with E-state index in [0.717, 1.165) is 23.0 Å². The van der Waals surface area contributed by atoms with Crippen molar-refractivity contribution in [1.29, 1.82) is 0 Å². The number of anilines is 1. The molecule has 2 heterocycles. The molecule has 0 spiro atoms. The fourth-order valence-corrected chi connectivity index (χ4v) is 3.29. The summed E-state index contributed by atoms with van der Waals surface area (Å²) in [5.74, 6) is 0.782. The minimum atomic E-state index is 0.0812. The third-order valence-corrected chi connectivity index (χ3v) is 4.44. The average molecular weight is 311 g/mol. The van der Waals surface area contributed by atoms with Gasteiger partial charge in [0.1, 0.15) is 6.33 Å². The molecule has 0 saturated carbocycles. The van der Waals surface area contributed by atoms with Crippen molar-refractivity contribution in [2.24, 2.45) is 0 Å². The lowest BCUT2D eigenvalue weighted by molar-refractivity contribution is 0.431. The third-order valence-electron chi connectivity index (χ3n) is 4.10. The van der Waals surface area contributed by atoms with E-state index < -0.39 is 0 Å². The van der Waals surface area contributed by atoms with Gasteiger partial charge in [0.2, 0.25) is 5.95 Å². The zero-order valence-corrected chi connectivity index (χ0v) is 12.6. The fourth-order valence-electron chi connectivity index (χ4n) is 3.03. The molecule has 1 aliphatic heterocycles. The van der Waals surface area contributed by atoms with E-state index >= 15 is 0 Å². The van der Waals surface area contributed by atoms with Crippen molar-refractivity contribution in [2.75, 3.05) is 5.32 Å². The van der Waals surface area contributed by atoms with Crippen LogP contribution in [0.15, 0.2) is 60.9 Å². The second kappa shape index (κ2) is 5.46. The largest absolute Gasteiger partial charge is 0.348 e. The van der Waals surface area contributed by atoms with E-state index in [1.165, 1.54) is 5.56 Å². The van der Waals surface area contributed by atoms with Crippen molar-refractivity contribution in [1.82, 2.24) is 14.8 Å². The summed E-state index contributed by atoms with van der Waals surface area (Å²) in [6.45, 7) is 0. The number of rotatable bonds is 2. The van der Waals surface area contributed by atoms with Crippen LogP contribution in [0.3, 0.4) is 0 Å². The van der Waals surface area contributed by atoms with Crippen LogP contribution in [-0.4, -0.2) is 14.8 Å². The molecule has 0 amide bonds. The quantitative estimate of drug-likeness (QED) is 0.775. The molecule has 1 aliphatic rings. The Kier molecular flexibility index (Phi) is 3.31. The maximum absolute atomic E-state index is 6.40. The van der Waals surface area contributed by atoms with Crippen molar-refractivity contribution in [2.45, 2.75) is 18.5 Å². The lowest BCUT2D eigenvalue weighted by atomic mass is 9.93. The molecule has 0 saturated heterocycles. The predicted octanol–water partition coefficient (Wildman–Crippen LogP) is 4.08. The molecule has 3 aromatic rings. The molecule has 0 bridgehead atoms. The van der Waals surface area contributed by atoms with E-state index in [9.17, 15) is 0 Å². The number of benzene rings is 2. The molecule has 4 nitrogen and oxygen atoms in total. The van der Waals surface area contributed by atoms with Crippen molar-refractivity contribution < 1.29 is 0 Å². The van der Waals surface area contributed by atoms with Gasteiger partial charge in [0, 0.05) is 5.02 Å². The molecule has 1 aromatic heterocycles. The Balaban J connectivity index is 1.77. The summed E-state index contributed by atoms with van der Waals surface area (Å²) < 4.78 is 1.92. The van der Waals surface area contributed by atoms with Gasteiger partial charge in [0.05, 0.1) is 12.1 Å². The Bertz CT molecular complexity index is 784. The highest BCUT2D eigenvalue weighted by atomic mass is 35.5. The summed E-state index contributed by atoms with van der Waals surface area (Å²) in [6.07, 6.45) is 2.46. The van der Waals surface area contributed by atoms with Gasteiger partial charge < -0.3 is 5.32 Å². The Hall–Kier alpha value is -2.33. The summed E-state index contributed by atoms with van der Waals surface area (Å²) >= 11 is 6.40. The Morgan fingerprint density at radius 3 is 2.64 bits per heavy atom. The molecule has 0 radical (unpaired) electrons. The number of nitrogens with zero attached hydrogens (tertiary/aromatic N) is 3. The van der Waals surface area contributed by atoms with E-state index in [-0.39, 0.29) is 12.1 Å². The first-order valence-electron chi connectivity index (χ1n) is 7.28. The molecule has 22 heavy (non-hydrogen) atoms. The highest BCUT2D eigenvalue weighted by molar-refractivity contribution is 6.31. The van der Waals surface area contributed by atoms with Crippen LogP contribution in [0.5, 0.6) is 0 Å². The van der Waals surface area contributed by atoms with E-state index in [2.05, 4.69) is 45.7 Å². The summed E-state index contributed by atoms with van der Waals surface area (Å²) in [4.78, 5) is 4.34. The van der Waals surface area contributed by atoms with Gasteiger partial charge >= 0.3 is 0 Å². The first-order chi connectivity index (χ1) is 10.8. The molecule has 4 rings (SSSR count). The van der Waals surface area contributed by atoms with Crippen LogP contribution in [0.1, 0.15) is 29.6 Å². The second-order valence-electron chi connectivity index (χ2n) is 5.41. The van der Waals surface area contributed by atoms with Gasteiger partial charge in [-0.15, -0.1) is 0 Å². The van der Waals surface area contributed by atoms with Gasteiger partial charge in [-0.3, -0.25) is 0 Å². The minimum absolute atomic E-state index is 0.0812. The smallest absolute Gasteiger partial charge is 0.222 e. The van der Waals surface area contributed by atoms with Crippen molar-refractivity contribution in [3.05, 3.63) is 77.1 Å². The molecular weight excluding hydrogens is 296 g/mol. The standard InChI is InChI=1S/C17H15ClN4/c18-14-9-5-4-8-13(14)16-10-15(12-6-2-1-3-7-12)21-17-19-11-20-22(16)17/h1-9,11,15-16H,10H2,(H,19,20,21)/t15-,16-/m0/s1. The SMILES string of the molecule is Clc1ccccc1[C@@H]1C[C@@H](c2ccccc2)Nc2ncnn21. The average Bonchev–Trinajstić information content (AvgIpc) is 3.04. The van der Waals surface area contributed by atoms with Crippen molar-refractivity contribution >= 4 is 17.5 Å². The van der Waals surface area contributed by atoms with Gasteiger partial charge in [-0.1, -0.05) is 60.1 Å². The predicted molar refractivity (Wildman–Crippen MR) is 87.0 cm³/mol. The first-order valence-corrected chi connectivity index (χ1v) is 7.66. The molecule has 2 aromatic carbocycles. The Labute approximate surface area is 133 Å². The van der Waals surface area contributed by atoms with Crippen LogP contribution < -0.4 is 5.32 Å². The molecule has 110 valence electrons. The van der Waals surface area contributed by atoms with Crippen LogP contribution in [0.4, 0.5) is 5.95 Å². The zero-order valence-electron chi connectivity index (χ0n) is 11.9. The summed E-state index contributed by atoms with van der Waals surface area (Å²) in [7, 11) is 0. The molecular formula is C17H15ClN4. The topological polar surface area (TPSA) is 42.7 Å². The van der Waals surface area contributed by atoms with Crippen LogP contribution in [0, 0.1) is 0 Å². The number of nitrogens with one attached hydrogen (secondary N) is 1. The van der Waals surface area contributed by atoms with Crippen LogP contribution in [0.25, 0.3) is 0 Å². The number of halogens is 1. The highest BCUT2D eigenvalue weighted by Crippen LogP contribution is 2.39. The lowest BCUT2D eigenvalue weighted by Crippen LogP contribution is -2.28. The number of fused-ring (bicyclic) bond motifs is 1. The fraction of sp³-hybridized carbons (Fsp3) is 0.176. The first kappa shape index (κ1) is 13.3. The van der Waals surface area contributed by atoms with E-state index in [1.807, 2.05) is 28.9 Å².